The average molecular weight is 188 g/mol. The molecule has 0 amide bonds. The van der Waals surface area contributed by atoms with Gasteiger partial charge in [-0.1, -0.05) is 0 Å². The second kappa shape index (κ2) is 6.60. The molecule has 0 bridgehead atoms. The fraction of sp³-hybridized carbons (Fsp3) is 0.778. The van der Waals surface area contributed by atoms with Crippen LogP contribution in [0.15, 0.2) is 0 Å². The molecule has 0 spiro atoms. The molecule has 0 saturated carbocycles. The van der Waals surface area contributed by atoms with E-state index in [1.165, 1.54) is 6.92 Å². The van der Waals surface area contributed by atoms with E-state index in [1.807, 2.05) is 0 Å². The number of aliphatic hydroxyl groups is 1. The number of Topliss-reactive ketones (excluding diaryl/α,β-unsaturated/α-hetero) is 1. The lowest BCUT2D eigenvalue weighted by Gasteiger charge is -2.11. The number of aliphatic hydroxyl groups excluding tert-OH is 1. The van der Waals surface area contributed by atoms with Crippen molar-refractivity contribution in [2.45, 2.75) is 32.6 Å². The van der Waals surface area contributed by atoms with E-state index in [4.69, 9.17) is 10.2 Å². The minimum atomic E-state index is -0.885. The zero-order chi connectivity index (χ0) is 10.3. The van der Waals surface area contributed by atoms with E-state index in [0.29, 0.717) is 19.3 Å². The highest BCUT2D eigenvalue weighted by atomic mass is 16.4. The molecule has 1 atom stereocenters. The summed E-state index contributed by atoms with van der Waals surface area (Å²) in [4.78, 5) is 21.1. The number of carbonyl (C=O) groups excluding carboxylic acids is 1. The molecule has 76 valence electrons. The van der Waals surface area contributed by atoms with E-state index in [2.05, 4.69) is 0 Å². The third kappa shape index (κ3) is 7.46. The van der Waals surface area contributed by atoms with Gasteiger partial charge in [0, 0.05) is 19.4 Å². The highest BCUT2D eigenvalue weighted by Gasteiger charge is 2.14. The molecule has 0 aliphatic carbocycles. The van der Waals surface area contributed by atoms with Gasteiger partial charge in [0.2, 0.25) is 0 Å². The third-order valence-electron chi connectivity index (χ3n) is 1.81. The maximum atomic E-state index is 10.7. The van der Waals surface area contributed by atoms with Gasteiger partial charge in [0.15, 0.2) is 0 Å². The SMILES string of the molecule is CC(=O)CC(CCCO)CC(=O)O. The van der Waals surface area contributed by atoms with Gasteiger partial charge in [-0.2, -0.15) is 0 Å². The first-order valence-electron chi connectivity index (χ1n) is 4.38. The molecule has 0 aliphatic heterocycles. The molecule has 0 aliphatic rings. The van der Waals surface area contributed by atoms with Gasteiger partial charge in [-0.3, -0.25) is 4.79 Å². The van der Waals surface area contributed by atoms with Crippen molar-refractivity contribution < 1.29 is 19.8 Å². The summed E-state index contributed by atoms with van der Waals surface area (Å²) in [5, 5.41) is 17.1. The molecular formula is C9H16O4. The number of aliphatic carboxylic acids is 1. The Morgan fingerprint density at radius 1 is 1.31 bits per heavy atom. The molecule has 2 N–H and O–H groups in total. The summed E-state index contributed by atoms with van der Waals surface area (Å²) >= 11 is 0. The van der Waals surface area contributed by atoms with Crippen LogP contribution < -0.4 is 0 Å². The maximum Gasteiger partial charge on any atom is 0.303 e. The molecule has 0 heterocycles. The first-order valence-corrected chi connectivity index (χ1v) is 4.38. The highest BCUT2D eigenvalue weighted by molar-refractivity contribution is 5.76. The average Bonchev–Trinajstić information content (AvgIpc) is 1.98. The smallest absolute Gasteiger partial charge is 0.303 e. The van der Waals surface area contributed by atoms with Crippen molar-refractivity contribution in [2.24, 2.45) is 5.92 Å². The monoisotopic (exact) mass is 188 g/mol. The minimum Gasteiger partial charge on any atom is -0.481 e. The van der Waals surface area contributed by atoms with Gasteiger partial charge in [-0.15, -0.1) is 0 Å². The number of carboxylic acids is 1. The summed E-state index contributed by atoms with van der Waals surface area (Å²) in [5.74, 6) is -1.00. The van der Waals surface area contributed by atoms with Crippen molar-refractivity contribution in [1.29, 1.82) is 0 Å². The Hall–Kier alpha value is -0.900. The Morgan fingerprint density at radius 3 is 2.31 bits per heavy atom. The summed E-state index contributed by atoms with van der Waals surface area (Å²) in [7, 11) is 0. The maximum absolute atomic E-state index is 10.7. The second-order valence-corrected chi connectivity index (χ2v) is 3.24. The van der Waals surface area contributed by atoms with Crippen molar-refractivity contribution >= 4 is 11.8 Å². The Bertz CT molecular complexity index is 160. The van der Waals surface area contributed by atoms with Gasteiger partial charge < -0.3 is 15.0 Å². The lowest BCUT2D eigenvalue weighted by molar-refractivity contribution is -0.138. The fourth-order valence-corrected chi connectivity index (χ4v) is 1.31. The van der Waals surface area contributed by atoms with Gasteiger partial charge in [-0.25, -0.2) is 0 Å². The van der Waals surface area contributed by atoms with Crippen LogP contribution in [0.25, 0.3) is 0 Å². The topological polar surface area (TPSA) is 74.6 Å². The minimum absolute atomic E-state index is 0.00388. The Balaban J connectivity index is 3.87. The zero-order valence-corrected chi connectivity index (χ0v) is 7.82. The number of hydrogen-bond donors (Lipinski definition) is 2. The molecule has 4 heteroatoms. The molecule has 0 rings (SSSR count). The Labute approximate surface area is 77.6 Å². The van der Waals surface area contributed by atoms with Crippen LogP contribution in [0.2, 0.25) is 0 Å². The van der Waals surface area contributed by atoms with Crippen LogP contribution in [0.3, 0.4) is 0 Å². The summed E-state index contributed by atoms with van der Waals surface area (Å²) in [5.41, 5.74) is 0. The van der Waals surface area contributed by atoms with Crippen molar-refractivity contribution in [3.8, 4) is 0 Å². The van der Waals surface area contributed by atoms with E-state index >= 15 is 0 Å². The molecule has 13 heavy (non-hydrogen) atoms. The van der Waals surface area contributed by atoms with E-state index in [0.717, 1.165) is 0 Å². The van der Waals surface area contributed by atoms with Crippen molar-refractivity contribution in [1.82, 2.24) is 0 Å². The number of hydrogen-bond acceptors (Lipinski definition) is 3. The highest BCUT2D eigenvalue weighted by Crippen LogP contribution is 2.15. The van der Waals surface area contributed by atoms with Gasteiger partial charge in [0.05, 0.1) is 0 Å². The van der Waals surface area contributed by atoms with E-state index in [-0.39, 0.29) is 24.7 Å². The predicted octanol–water partition coefficient (Wildman–Crippen LogP) is 0.829. The summed E-state index contributed by atoms with van der Waals surface area (Å²) in [6, 6.07) is 0. The molecule has 0 aromatic heterocycles. The van der Waals surface area contributed by atoms with Gasteiger partial charge in [0.25, 0.3) is 0 Å². The van der Waals surface area contributed by atoms with Crippen LogP contribution in [0.1, 0.15) is 32.6 Å². The fourth-order valence-electron chi connectivity index (χ4n) is 1.31. The molecule has 0 aromatic rings. The molecular weight excluding hydrogens is 172 g/mol. The summed E-state index contributed by atoms with van der Waals surface area (Å²) in [6.07, 6.45) is 1.47. The zero-order valence-electron chi connectivity index (χ0n) is 7.82. The van der Waals surface area contributed by atoms with Crippen LogP contribution in [0, 0.1) is 5.92 Å². The van der Waals surface area contributed by atoms with Crippen LogP contribution in [0.4, 0.5) is 0 Å². The molecule has 4 nitrogen and oxygen atoms in total. The van der Waals surface area contributed by atoms with Crippen molar-refractivity contribution in [3.63, 3.8) is 0 Å². The van der Waals surface area contributed by atoms with E-state index < -0.39 is 5.97 Å². The quantitative estimate of drug-likeness (QED) is 0.620. The van der Waals surface area contributed by atoms with Crippen LogP contribution in [0.5, 0.6) is 0 Å². The normalized spacial score (nSPS) is 12.5. The molecule has 1 unspecified atom stereocenters. The largest absolute Gasteiger partial charge is 0.481 e. The first kappa shape index (κ1) is 12.1. The second-order valence-electron chi connectivity index (χ2n) is 3.24. The first-order chi connectivity index (χ1) is 6.06. The molecule has 0 aromatic carbocycles. The van der Waals surface area contributed by atoms with Crippen LogP contribution in [-0.4, -0.2) is 28.6 Å². The number of carboxylic acid groups (broad SMARTS) is 1. The summed E-state index contributed by atoms with van der Waals surface area (Å²) < 4.78 is 0. The lowest BCUT2D eigenvalue weighted by Crippen LogP contribution is -2.12. The standard InChI is InChI=1S/C9H16O4/c1-7(11)5-8(3-2-4-10)6-9(12)13/h8,10H,2-6H2,1H3,(H,12,13). The van der Waals surface area contributed by atoms with Crippen LogP contribution >= 0.6 is 0 Å². The Kier molecular flexibility index (Phi) is 6.14. The lowest BCUT2D eigenvalue weighted by atomic mass is 9.94. The van der Waals surface area contributed by atoms with Gasteiger partial charge in [0.1, 0.15) is 5.78 Å². The van der Waals surface area contributed by atoms with E-state index in [9.17, 15) is 9.59 Å². The number of rotatable bonds is 7. The molecule has 0 fully saturated rings. The van der Waals surface area contributed by atoms with Gasteiger partial charge in [-0.05, 0) is 25.7 Å². The predicted molar refractivity (Wildman–Crippen MR) is 47.4 cm³/mol. The van der Waals surface area contributed by atoms with Gasteiger partial charge >= 0.3 is 5.97 Å². The third-order valence-corrected chi connectivity index (χ3v) is 1.81. The van der Waals surface area contributed by atoms with Crippen molar-refractivity contribution in [3.05, 3.63) is 0 Å². The molecule has 0 saturated heterocycles. The van der Waals surface area contributed by atoms with E-state index in [1.54, 1.807) is 0 Å². The van der Waals surface area contributed by atoms with Crippen LogP contribution in [-0.2, 0) is 9.59 Å². The summed E-state index contributed by atoms with van der Waals surface area (Å²) in [6.45, 7) is 1.50. The Morgan fingerprint density at radius 2 is 1.92 bits per heavy atom. The number of ketones is 1. The number of carbonyl (C=O) groups is 2. The molecule has 0 radical (unpaired) electrons. The van der Waals surface area contributed by atoms with Crippen molar-refractivity contribution in [2.75, 3.05) is 6.61 Å².